The molecule has 1 unspecified atom stereocenters. The van der Waals surface area contributed by atoms with Crippen molar-refractivity contribution in [3.63, 3.8) is 0 Å². The molecule has 0 aliphatic heterocycles. The van der Waals surface area contributed by atoms with Crippen LogP contribution >= 0.6 is 0 Å². The summed E-state index contributed by atoms with van der Waals surface area (Å²) in [5.41, 5.74) is 9.94. The van der Waals surface area contributed by atoms with Gasteiger partial charge in [-0.05, 0) is 29.5 Å². The number of rotatable bonds is 2. The molecule has 3 heteroatoms. The SMILES string of the molecule is CC1(C)CC1(CN)c1ccc2nc[nH]c2c1. The van der Waals surface area contributed by atoms with E-state index in [0.29, 0.717) is 5.41 Å². The highest BCUT2D eigenvalue weighted by atomic mass is 14.9. The van der Waals surface area contributed by atoms with Gasteiger partial charge in [-0.15, -0.1) is 0 Å². The number of imidazole rings is 1. The van der Waals surface area contributed by atoms with Crippen LogP contribution in [0.15, 0.2) is 24.5 Å². The highest BCUT2D eigenvalue weighted by Crippen LogP contribution is 2.63. The third kappa shape index (κ3) is 1.09. The Kier molecular flexibility index (Phi) is 1.76. The van der Waals surface area contributed by atoms with Crippen LogP contribution in [0.25, 0.3) is 11.0 Å². The first kappa shape index (κ1) is 9.85. The number of hydrogen-bond acceptors (Lipinski definition) is 2. The van der Waals surface area contributed by atoms with Crippen molar-refractivity contribution in [1.82, 2.24) is 9.97 Å². The molecule has 3 nitrogen and oxygen atoms in total. The van der Waals surface area contributed by atoms with Gasteiger partial charge in [-0.1, -0.05) is 19.9 Å². The minimum atomic E-state index is 0.173. The highest BCUT2D eigenvalue weighted by molar-refractivity contribution is 5.75. The predicted octanol–water partition coefficient (Wildman–Crippen LogP) is 2.19. The van der Waals surface area contributed by atoms with Gasteiger partial charge in [-0.2, -0.15) is 0 Å². The summed E-state index contributed by atoms with van der Waals surface area (Å²) in [5, 5.41) is 0. The molecule has 1 saturated carbocycles. The molecule has 1 aliphatic carbocycles. The lowest BCUT2D eigenvalue weighted by molar-refractivity contribution is 0.503. The van der Waals surface area contributed by atoms with Crippen LogP contribution in [-0.2, 0) is 5.41 Å². The van der Waals surface area contributed by atoms with E-state index in [0.717, 1.165) is 17.6 Å². The first-order chi connectivity index (χ1) is 7.59. The predicted molar refractivity (Wildman–Crippen MR) is 65.2 cm³/mol. The summed E-state index contributed by atoms with van der Waals surface area (Å²) < 4.78 is 0. The number of aromatic nitrogens is 2. The lowest BCUT2D eigenvalue weighted by Crippen LogP contribution is -2.25. The van der Waals surface area contributed by atoms with Crippen LogP contribution in [0.2, 0.25) is 0 Å². The number of fused-ring (bicyclic) bond motifs is 1. The van der Waals surface area contributed by atoms with Crippen LogP contribution in [-0.4, -0.2) is 16.5 Å². The molecule has 1 atom stereocenters. The van der Waals surface area contributed by atoms with Crippen molar-refractivity contribution in [2.24, 2.45) is 11.1 Å². The molecule has 84 valence electrons. The largest absolute Gasteiger partial charge is 0.345 e. The number of nitrogens with one attached hydrogen (secondary N) is 1. The molecule has 3 N–H and O–H groups in total. The Morgan fingerprint density at radius 2 is 2.19 bits per heavy atom. The van der Waals surface area contributed by atoms with E-state index in [1.807, 2.05) is 0 Å². The molecule has 2 aromatic rings. The Hall–Kier alpha value is -1.35. The van der Waals surface area contributed by atoms with Crippen LogP contribution in [0, 0.1) is 5.41 Å². The van der Waals surface area contributed by atoms with E-state index in [1.165, 1.54) is 12.0 Å². The van der Waals surface area contributed by atoms with Crippen LogP contribution in [0.3, 0.4) is 0 Å². The van der Waals surface area contributed by atoms with Gasteiger partial charge in [0.05, 0.1) is 17.4 Å². The summed E-state index contributed by atoms with van der Waals surface area (Å²) in [7, 11) is 0. The van der Waals surface area contributed by atoms with Gasteiger partial charge in [0.15, 0.2) is 0 Å². The Bertz CT molecular complexity index is 541. The number of H-pyrrole nitrogens is 1. The summed E-state index contributed by atoms with van der Waals surface area (Å²) in [6.07, 6.45) is 2.91. The van der Waals surface area contributed by atoms with Crippen LogP contribution < -0.4 is 5.73 Å². The molecule has 1 fully saturated rings. The van der Waals surface area contributed by atoms with Gasteiger partial charge in [-0.3, -0.25) is 0 Å². The lowest BCUT2D eigenvalue weighted by Gasteiger charge is -2.18. The second kappa shape index (κ2) is 2.86. The van der Waals surface area contributed by atoms with E-state index in [4.69, 9.17) is 5.73 Å². The zero-order chi connectivity index (χ0) is 11.4. The molecular formula is C13H17N3. The molecule has 1 aromatic heterocycles. The smallest absolute Gasteiger partial charge is 0.0931 e. The quantitative estimate of drug-likeness (QED) is 0.806. The van der Waals surface area contributed by atoms with Crippen molar-refractivity contribution in [3.05, 3.63) is 30.1 Å². The van der Waals surface area contributed by atoms with Crippen molar-refractivity contribution in [3.8, 4) is 0 Å². The maximum Gasteiger partial charge on any atom is 0.0931 e. The van der Waals surface area contributed by atoms with E-state index in [-0.39, 0.29) is 5.41 Å². The fourth-order valence-corrected chi connectivity index (χ4v) is 2.90. The van der Waals surface area contributed by atoms with E-state index in [1.54, 1.807) is 6.33 Å². The van der Waals surface area contributed by atoms with E-state index in [2.05, 4.69) is 42.0 Å². The third-order valence-corrected chi connectivity index (χ3v) is 4.24. The van der Waals surface area contributed by atoms with Crippen LogP contribution in [0.4, 0.5) is 0 Å². The van der Waals surface area contributed by atoms with E-state index < -0.39 is 0 Å². The number of hydrogen-bond donors (Lipinski definition) is 2. The maximum absolute atomic E-state index is 5.97. The summed E-state index contributed by atoms with van der Waals surface area (Å²) in [4.78, 5) is 7.40. The molecule has 1 aromatic carbocycles. The van der Waals surface area contributed by atoms with Crippen molar-refractivity contribution in [2.75, 3.05) is 6.54 Å². The molecule has 0 spiro atoms. The van der Waals surface area contributed by atoms with E-state index in [9.17, 15) is 0 Å². The second-order valence-electron chi connectivity index (χ2n) is 5.48. The fraction of sp³-hybridized carbons (Fsp3) is 0.462. The summed E-state index contributed by atoms with van der Waals surface area (Å²) in [6.45, 7) is 5.30. The van der Waals surface area contributed by atoms with Gasteiger partial charge in [0.2, 0.25) is 0 Å². The summed E-state index contributed by atoms with van der Waals surface area (Å²) in [6, 6.07) is 6.45. The molecule has 16 heavy (non-hydrogen) atoms. The second-order valence-corrected chi connectivity index (χ2v) is 5.48. The van der Waals surface area contributed by atoms with Gasteiger partial charge in [0, 0.05) is 12.0 Å². The molecule has 1 aliphatic rings. The molecule has 0 amide bonds. The zero-order valence-electron chi connectivity index (χ0n) is 9.75. The molecule has 0 saturated heterocycles. The first-order valence-corrected chi connectivity index (χ1v) is 5.73. The number of nitrogens with zero attached hydrogens (tertiary/aromatic N) is 1. The normalized spacial score (nSPS) is 27.2. The average Bonchev–Trinajstić information content (AvgIpc) is 2.63. The Labute approximate surface area is 95.1 Å². The number of aromatic amines is 1. The van der Waals surface area contributed by atoms with Crippen molar-refractivity contribution in [2.45, 2.75) is 25.7 Å². The molecule has 0 bridgehead atoms. The zero-order valence-corrected chi connectivity index (χ0v) is 9.75. The lowest BCUT2D eigenvalue weighted by atomic mass is 9.88. The van der Waals surface area contributed by atoms with Gasteiger partial charge in [-0.25, -0.2) is 4.98 Å². The average molecular weight is 215 g/mol. The van der Waals surface area contributed by atoms with E-state index >= 15 is 0 Å². The molecule has 1 heterocycles. The van der Waals surface area contributed by atoms with Crippen molar-refractivity contribution in [1.29, 1.82) is 0 Å². The molecular weight excluding hydrogens is 198 g/mol. The maximum atomic E-state index is 5.97. The minimum absolute atomic E-state index is 0.173. The fourth-order valence-electron chi connectivity index (χ4n) is 2.90. The molecule has 3 rings (SSSR count). The third-order valence-electron chi connectivity index (χ3n) is 4.24. The Morgan fingerprint density at radius 3 is 2.81 bits per heavy atom. The topological polar surface area (TPSA) is 54.7 Å². The van der Waals surface area contributed by atoms with Gasteiger partial charge in [0.1, 0.15) is 0 Å². The number of nitrogens with two attached hydrogens (primary N) is 1. The summed E-state index contributed by atoms with van der Waals surface area (Å²) in [5.74, 6) is 0. The van der Waals surface area contributed by atoms with Crippen LogP contribution in [0.5, 0.6) is 0 Å². The standard InChI is InChI=1S/C13H17N3/c1-12(2)6-13(12,7-14)9-3-4-10-11(5-9)16-8-15-10/h3-5,8H,6-7,14H2,1-2H3,(H,15,16). The minimum Gasteiger partial charge on any atom is -0.345 e. The Morgan fingerprint density at radius 1 is 1.44 bits per heavy atom. The van der Waals surface area contributed by atoms with Gasteiger partial charge >= 0.3 is 0 Å². The van der Waals surface area contributed by atoms with Gasteiger partial charge in [0.25, 0.3) is 0 Å². The summed E-state index contributed by atoms with van der Waals surface area (Å²) >= 11 is 0. The van der Waals surface area contributed by atoms with Crippen LogP contribution in [0.1, 0.15) is 25.8 Å². The van der Waals surface area contributed by atoms with Crippen molar-refractivity contribution < 1.29 is 0 Å². The Balaban J connectivity index is 2.12. The van der Waals surface area contributed by atoms with Gasteiger partial charge < -0.3 is 10.7 Å². The van der Waals surface area contributed by atoms with Crippen molar-refractivity contribution >= 4 is 11.0 Å². The molecule has 0 radical (unpaired) electrons. The number of benzene rings is 1. The highest BCUT2D eigenvalue weighted by Gasteiger charge is 2.60. The first-order valence-electron chi connectivity index (χ1n) is 5.73. The monoisotopic (exact) mass is 215 g/mol.